The zero-order valence-electron chi connectivity index (χ0n) is 9.41. The van der Waals surface area contributed by atoms with Crippen molar-refractivity contribution in [3.63, 3.8) is 0 Å². The van der Waals surface area contributed by atoms with Gasteiger partial charge in [0.25, 0.3) is 0 Å². The van der Waals surface area contributed by atoms with E-state index < -0.39 is 0 Å². The second-order valence-electron chi connectivity index (χ2n) is 3.54. The Labute approximate surface area is 113 Å². The standard InChI is InChI=1S/C12H13N3.2ClH/c1-9(13)10-2-4-11(5-3-10)12-6-14-8-15-7-12;;/h2-9H,13H2,1H3;2*1H/t9-;;/m1../s1. The Morgan fingerprint density at radius 1 is 0.941 bits per heavy atom. The number of aromatic nitrogens is 2. The molecule has 92 valence electrons. The molecule has 3 nitrogen and oxygen atoms in total. The van der Waals surface area contributed by atoms with Crippen molar-refractivity contribution in [2.75, 3.05) is 0 Å². The quantitative estimate of drug-likeness (QED) is 0.914. The van der Waals surface area contributed by atoms with Gasteiger partial charge in [0.05, 0.1) is 0 Å². The lowest BCUT2D eigenvalue weighted by molar-refractivity contribution is 0.818. The summed E-state index contributed by atoms with van der Waals surface area (Å²) in [6.45, 7) is 1.97. The van der Waals surface area contributed by atoms with Crippen LogP contribution in [0.2, 0.25) is 0 Å². The molecule has 0 bridgehead atoms. The Morgan fingerprint density at radius 2 is 1.47 bits per heavy atom. The van der Waals surface area contributed by atoms with Gasteiger partial charge in [0, 0.05) is 24.0 Å². The molecule has 0 unspecified atom stereocenters. The lowest BCUT2D eigenvalue weighted by Crippen LogP contribution is -2.04. The van der Waals surface area contributed by atoms with E-state index in [1.165, 1.54) is 6.33 Å². The summed E-state index contributed by atoms with van der Waals surface area (Å²) in [6.07, 6.45) is 5.13. The SMILES string of the molecule is C[C@@H](N)c1ccc(-c2cncnc2)cc1.Cl.Cl. The highest BCUT2D eigenvalue weighted by Crippen LogP contribution is 2.19. The van der Waals surface area contributed by atoms with Crippen LogP contribution in [0.3, 0.4) is 0 Å². The highest BCUT2D eigenvalue weighted by atomic mass is 35.5. The number of hydrogen-bond donors (Lipinski definition) is 1. The molecule has 2 N–H and O–H groups in total. The molecule has 2 aromatic rings. The number of nitrogens with zero attached hydrogens (tertiary/aromatic N) is 2. The zero-order chi connectivity index (χ0) is 10.7. The average molecular weight is 272 g/mol. The Morgan fingerprint density at radius 3 is 1.94 bits per heavy atom. The van der Waals surface area contributed by atoms with Gasteiger partial charge in [0.2, 0.25) is 0 Å². The van der Waals surface area contributed by atoms with E-state index in [9.17, 15) is 0 Å². The first-order valence-corrected chi connectivity index (χ1v) is 4.88. The fraction of sp³-hybridized carbons (Fsp3) is 0.167. The number of benzene rings is 1. The molecule has 0 amide bonds. The minimum atomic E-state index is 0. The third kappa shape index (κ3) is 3.97. The molecule has 0 spiro atoms. The van der Waals surface area contributed by atoms with E-state index >= 15 is 0 Å². The molecule has 1 aromatic carbocycles. The van der Waals surface area contributed by atoms with Crippen molar-refractivity contribution in [3.8, 4) is 11.1 Å². The summed E-state index contributed by atoms with van der Waals surface area (Å²) in [4.78, 5) is 7.97. The van der Waals surface area contributed by atoms with Gasteiger partial charge in [0.1, 0.15) is 6.33 Å². The molecule has 1 heterocycles. The van der Waals surface area contributed by atoms with E-state index in [4.69, 9.17) is 5.73 Å². The molecular formula is C12H15Cl2N3. The fourth-order valence-electron chi connectivity index (χ4n) is 1.43. The molecule has 0 fully saturated rings. The van der Waals surface area contributed by atoms with Gasteiger partial charge in [-0.1, -0.05) is 24.3 Å². The predicted molar refractivity (Wildman–Crippen MR) is 74.6 cm³/mol. The molecule has 5 heteroatoms. The van der Waals surface area contributed by atoms with Crippen LogP contribution in [0.25, 0.3) is 11.1 Å². The molecule has 0 saturated carbocycles. The second-order valence-corrected chi connectivity index (χ2v) is 3.54. The Balaban J connectivity index is 0.00000128. The first-order chi connectivity index (χ1) is 7.27. The van der Waals surface area contributed by atoms with Gasteiger partial charge < -0.3 is 5.73 Å². The lowest BCUT2D eigenvalue weighted by Gasteiger charge is -2.06. The van der Waals surface area contributed by atoms with Gasteiger partial charge >= 0.3 is 0 Å². The van der Waals surface area contributed by atoms with E-state index in [0.717, 1.165) is 16.7 Å². The van der Waals surface area contributed by atoms with Crippen molar-refractivity contribution in [1.29, 1.82) is 0 Å². The molecule has 0 saturated heterocycles. The summed E-state index contributed by atoms with van der Waals surface area (Å²) in [5, 5.41) is 0. The van der Waals surface area contributed by atoms with Crippen LogP contribution in [0.4, 0.5) is 0 Å². The normalized spacial score (nSPS) is 10.9. The maximum Gasteiger partial charge on any atom is 0.115 e. The fourth-order valence-corrected chi connectivity index (χ4v) is 1.43. The van der Waals surface area contributed by atoms with Crippen LogP contribution in [0.15, 0.2) is 43.0 Å². The molecule has 1 atom stereocenters. The Kier molecular flexibility index (Phi) is 6.73. The molecule has 0 aliphatic carbocycles. The third-order valence-electron chi connectivity index (χ3n) is 2.33. The van der Waals surface area contributed by atoms with Gasteiger partial charge in [-0.3, -0.25) is 0 Å². The van der Waals surface area contributed by atoms with Crippen LogP contribution in [-0.2, 0) is 0 Å². The average Bonchev–Trinajstić information content (AvgIpc) is 2.30. The molecule has 0 radical (unpaired) electrons. The summed E-state index contributed by atoms with van der Waals surface area (Å²) in [6, 6.07) is 8.22. The first kappa shape index (κ1) is 15.8. The van der Waals surface area contributed by atoms with Gasteiger partial charge in [-0.25, -0.2) is 9.97 Å². The van der Waals surface area contributed by atoms with Crippen LogP contribution in [0.1, 0.15) is 18.5 Å². The van der Waals surface area contributed by atoms with Gasteiger partial charge in [-0.05, 0) is 18.1 Å². The van der Waals surface area contributed by atoms with Crippen LogP contribution < -0.4 is 5.73 Å². The summed E-state index contributed by atoms with van der Waals surface area (Å²) < 4.78 is 0. The van der Waals surface area contributed by atoms with Crippen molar-refractivity contribution in [1.82, 2.24) is 9.97 Å². The van der Waals surface area contributed by atoms with E-state index in [1.807, 2.05) is 31.2 Å². The van der Waals surface area contributed by atoms with Crippen LogP contribution in [-0.4, -0.2) is 9.97 Å². The Hall–Kier alpha value is -1.16. The maximum atomic E-state index is 5.78. The number of hydrogen-bond acceptors (Lipinski definition) is 3. The minimum absolute atomic E-state index is 0. The van der Waals surface area contributed by atoms with Crippen LogP contribution >= 0.6 is 24.8 Å². The topological polar surface area (TPSA) is 51.8 Å². The van der Waals surface area contributed by atoms with Gasteiger partial charge in [0.15, 0.2) is 0 Å². The molecule has 17 heavy (non-hydrogen) atoms. The maximum absolute atomic E-state index is 5.78. The van der Waals surface area contributed by atoms with Gasteiger partial charge in [-0.15, -0.1) is 24.8 Å². The Bertz CT molecular complexity index is 429. The minimum Gasteiger partial charge on any atom is -0.324 e. The highest BCUT2D eigenvalue weighted by molar-refractivity contribution is 5.85. The zero-order valence-corrected chi connectivity index (χ0v) is 11.0. The first-order valence-electron chi connectivity index (χ1n) is 4.88. The number of halogens is 2. The van der Waals surface area contributed by atoms with Crippen LogP contribution in [0.5, 0.6) is 0 Å². The molecule has 0 aliphatic rings. The van der Waals surface area contributed by atoms with E-state index in [-0.39, 0.29) is 30.9 Å². The van der Waals surface area contributed by atoms with E-state index in [2.05, 4.69) is 9.97 Å². The second kappa shape index (κ2) is 7.22. The lowest BCUT2D eigenvalue weighted by atomic mass is 10.0. The highest BCUT2D eigenvalue weighted by Gasteiger charge is 2.00. The van der Waals surface area contributed by atoms with E-state index in [0.29, 0.717) is 0 Å². The number of nitrogens with two attached hydrogens (primary N) is 1. The smallest absolute Gasteiger partial charge is 0.115 e. The van der Waals surface area contributed by atoms with E-state index in [1.54, 1.807) is 12.4 Å². The summed E-state index contributed by atoms with van der Waals surface area (Å²) in [7, 11) is 0. The van der Waals surface area contributed by atoms with Crippen molar-refractivity contribution < 1.29 is 0 Å². The summed E-state index contributed by atoms with van der Waals surface area (Å²) >= 11 is 0. The number of rotatable bonds is 2. The van der Waals surface area contributed by atoms with Crippen molar-refractivity contribution in [2.45, 2.75) is 13.0 Å². The predicted octanol–water partition coefficient (Wildman–Crippen LogP) is 3.01. The molecular weight excluding hydrogens is 257 g/mol. The van der Waals surface area contributed by atoms with Crippen molar-refractivity contribution in [3.05, 3.63) is 48.5 Å². The van der Waals surface area contributed by atoms with Crippen LogP contribution in [0, 0.1) is 0 Å². The molecule has 0 aliphatic heterocycles. The monoisotopic (exact) mass is 271 g/mol. The summed E-state index contributed by atoms with van der Waals surface area (Å²) in [5.74, 6) is 0. The summed E-state index contributed by atoms with van der Waals surface area (Å²) in [5.41, 5.74) is 9.05. The van der Waals surface area contributed by atoms with Crippen molar-refractivity contribution in [2.24, 2.45) is 5.73 Å². The molecule has 2 rings (SSSR count). The third-order valence-corrected chi connectivity index (χ3v) is 2.33. The van der Waals surface area contributed by atoms with Crippen molar-refractivity contribution >= 4 is 24.8 Å². The molecule has 1 aromatic heterocycles. The largest absolute Gasteiger partial charge is 0.324 e. The van der Waals surface area contributed by atoms with Gasteiger partial charge in [-0.2, -0.15) is 0 Å².